The van der Waals surface area contributed by atoms with Crippen LogP contribution in [-0.2, 0) is 6.42 Å². The van der Waals surface area contributed by atoms with Crippen molar-refractivity contribution in [2.24, 2.45) is 0 Å². The first kappa shape index (κ1) is 15.3. The third kappa shape index (κ3) is 3.62. The molecule has 24 heavy (non-hydrogen) atoms. The van der Waals surface area contributed by atoms with Gasteiger partial charge in [-0.1, -0.05) is 0 Å². The minimum Gasteiger partial charge on any atom is -0.368 e. The Morgan fingerprint density at radius 1 is 1.29 bits per heavy atom. The third-order valence-corrected chi connectivity index (χ3v) is 5.48. The Hall–Kier alpha value is -2.26. The molecule has 0 aliphatic heterocycles. The first-order chi connectivity index (χ1) is 11.8. The van der Waals surface area contributed by atoms with Gasteiger partial charge in [0, 0.05) is 30.1 Å². The maximum Gasteiger partial charge on any atom is 0.321 e. The standard InChI is InChI=1S/C15H16N6OS2/c22-14(20-9-1-2-9)21-15-17-7-10(24-15)3-5-16-13-12-11(4-6-23-12)18-8-19-13/h4,6-9H,1-3,5H2,(H,16,18,19)(H2,17,20,21,22). The van der Waals surface area contributed by atoms with Crippen molar-refractivity contribution >= 4 is 49.9 Å². The number of amides is 2. The Morgan fingerprint density at radius 2 is 2.21 bits per heavy atom. The molecule has 9 heteroatoms. The van der Waals surface area contributed by atoms with Crippen LogP contribution in [0.5, 0.6) is 0 Å². The van der Waals surface area contributed by atoms with Crippen molar-refractivity contribution in [2.45, 2.75) is 25.3 Å². The van der Waals surface area contributed by atoms with Crippen LogP contribution >= 0.6 is 22.7 Å². The van der Waals surface area contributed by atoms with Crippen LogP contribution in [0.2, 0.25) is 0 Å². The summed E-state index contributed by atoms with van der Waals surface area (Å²) in [6.07, 6.45) is 6.34. The van der Waals surface area contributed by atoms with E-state index in [2.05, 4.69) is 30.9 Å². The van der Waals surface area contributed by atoms with Gasteiger partial charge in [0.05, 0.1) is 10.2 Å². The number of rotatable bonds is 6. The van der Waals surface area contributed by atoms with E-state index in [4.69, 9.17) is 0 Å². The molecule has 0 radical (unpaired) electrons. The predicted octanol–water partition coefficient (Wildman–Crippen LogP) is 3.09. The van der Waals surface area contributed by atoms with Crippen LogP contribution in [0.4, 0.5) is 15.7 Å². The molecule has 1 aliphatic rings. The molecule has 1 saturated carbocycles. The van der Waals surface area contributed by atoms with Gasteiger partial charge in [0.1, 0.15) is 12.1 Å². The molecular weight excluding hydrogens is 344 g/mol. The van der Waals surface area contributed by atoms with Gasteiger partial charge in [0.2, 0.25) is 0 Å². The molecule has 0 aromatic carbocycles. The molecule has 0 spiro atoms. The molecule has 1 aliphatic carbocycles. The minimum absolute atomic E-state index is 0.169. The number of hydrogen-bond acceptors (Lipinski definition) is 7. The average Bonchev–Trinajstić information content (AvgIpc) is 3.07. The van der Waals surface area contributed by atoms with Gasteiger partial charge in [-0.2, -0.15) is 0 Å². The van der Waals surface area contributed by atoms with E-state index < -0.39 is 0 Å². The second kappa shape index (κ2) is 6.70. The van der Waals surface area contributed by atoms with Crippen molar-refractivity contribution in [3.05, 3.63) is 28.8 Å². The molecule has 2 amide bonds. The maximum atomic E-state index is 11.7. The molecule has 0 unspecified atom stereocenters. The molecule has 4 rings (SSSR count). The fraction of sp³-hybridized carbons (Fsp3) is 0.333. The molecule has 7 nitrogen and oxygen atoms in total. The van der Waals surface area contributed by atoms with Crippen molar-refractivity contribution in [2.75, 3.05) is 17.2 Å². The number of carbonyl (C=O) groups is 1. The first-order valence-corrected chi connectivity index (χ1v) is 9.42. The molecule has 0 bridgehead atoms. The fourth-order valence-corrected chi connectivity index (χ4v) is 3.86. The summed E-state index contributed by atoms with van der Waals surface area (Å²) in [7, 11) is 0. The molecule has 124 valence electrons. The van der Waals surface area contributed by atoms with Gasteiger partial charge in [0.15, 0.2) is 5.13 Å². The van der Waals surface area contributed by atoms with Crippen LogP contribution < -0.4 is 16.0 Å². The molecule has 0 atom stereocenters. The summed E-state index contributed by atoms with van der Waals surface area (Å²) in [5, 5.41) is 11.7. The van der Waals surface area contributed by atoms with Crippen molar-refractivity contribution in [1.82, 2.24) is 20.3 Å². The Labute approximate surface area is 146 Å². The lowest BCUT2D eigenvalue weighted by Crippen LogP contribution is -2.30. The summed E-state index contributed by atoms with van der Waals surface area (Å²) in [5.41, 5.74) is 0.962. The highest BCUT2D eigenvalue weighted by Gasteiger charge is 2.23. The maximum absolute atomic E-state index is 11.7. The largest absolute Gasteiger partial charge is 0.368 e. The second-order valence-electron chi connectivity index (χ2n) is 5.54. The lowest BCUT2D eigenvalue weighted by atomic mass is 10.3. The summed E-state index contributed by atoms with van der Waals surface area (Å²) in [5.74, 6) is 0.863. The normalized spacial score (nSPS) is 13.8. The van der Waals surface area contributed by atoms with E-state index in [0.29, 0.717) is 11.2 Å². The number of aromatic nitrogens is 3. The molecule has 3 N–H and O–H groups in total. The van der Waals surface area contributed by atoms with Crippen molar-refractivity contribution < 1.29 is 4.79 Å². The highest BCUT2D eigenvalue weighted by molar-refractivity contribution is 7.17. The number of urea groups is 1. The van der Waals surface area contributed by atoms with E-state index in [0.717, 1.165) is 46.7 Å². The monoisotopic (exact) mass is 360 g/mol. The zero-order valence-electron chi connectivity index (χ0n) is 12.8. The molecule has 3 aromatic heterocycles. The van der Waals surface area contributed by atoms with E-state index >= 15 is 0 Å². The van der Waals surface area contributed by atoms with E-state index in [1.54, 1.807) is 23.9 Å². The average molecular weight is 360 g/mol. The Balaban J connectivity index is 1.30. The van der Waals surface area contributed by atoms with E-state index in [-0.39, 0.29) is 6.03 Å². The van der Waals surface area contributed by atoms with Crippen molar-refractivity contribution in [3.8, 4) is 0 Å². The first-order valence-electron chi connectivity index (χ1n) is 7.72. The molecule has 3 heterocycles. The van der Waals surface area contributed by atoms with Gasteiger partial charge in [-0.25, -0.2) is 19.7 Å². The summed E-state index contributed by atoms with van der Waals surface area (Å²) in [4.78, 5) is 25.6. The van der Waals surface area contributed by atoms with E-state index in [9.17, 15) is 4.79 Å². The van der Waals surface area contributed by atoms with Crippen LogP contribution in [0.3, 0.4) is 0 Å². The SMILES string of the molecule is O=C(Nc1ncc(CCNc2ncnc3ccsc23)s1)NC1CC1. The van der Waals surface area contributed by atoms with E-state index in [1.807, 2.05) is 11.4 Å². The molecule has 1 fully saturated rings. The van der Waals surface area contributed by atoms with Crippen LogP contribution in [0.25, 0.3) is 10.2 Å². The van der Waals surface area contributed by atoms with E-state index in [1.165, 1.54) is 11.3 Å². The minimum atomic E-state index is -0.169. The molecule has 0 saturated heterocycles. The highest BCUT2D eigenvalue weighted by Crippen LogP contribution is 2.25. The zero-order valence-corrected chi connectivity index (χ0v) is 14.4. The zero-order chi connectivity index (χ0) is 16.4. The predicted molar refractivity (Wildman–Crippen MR) is 96.9 cm³/mol. The number of carbonyl (C=O) groups excluding carboxylic acids is 1. The van der Waals surface area contributed by atoms with Gasteiger partial charge in [-0.05, 0) is 24.3 Å². The van der Waals surface area contributed by atoms with Crippen LogP contribution in [0.1, 0.15) is 17.7 Å². The van der Waals surface area contributed by atoms with Crippen LogP contribution in [0, 0.1) is 0 Å². The summed E-state index contributed by atoms with van der Waals surface area (Å²) < 4.78 is 1.07. The lowest BCUT2D eigenvalue weighted by molar-refractivity contribution is 0.251. The van der Waals surface area contributed by atoms with Crippen LogP contribution in [-0.4, -0.2) is 33.6 Å². The third-order valence-electron chi connectivity index (χ3n) is 3.59. The van der Waals surface area contributed by atoms with Gasteiger partial charge in [0.25, 0.3) is 0 Å². The Bertz CT molecular complexity index is 856. The lowest BCUT2D eigenvalue weighted by Gasteiger charge is -2.04. The smallest absolute Gasteiger partial charge is 0.321 e. The van der Waals surface area contributed by atoms with Gasteiger partial charge < -0.3 is 10.6 Å². The molecular formula is C15H16N6OS2. The second-order valence-corrected chi connectivity index (χ2v) is 7.57. The molecule has 3 aromatic rings. The number of thiophene rings is 1. The summed E-state index contributed by atoms with van der Waals surface area (Å²) in [6, 6.07) is 2.16. The van der Waals surface area contributed by atoms with Gasteiger partial charge >= 0.3 is 6.03 Å². The summed E-state index contributed by atoms with van der Waals surface area (Å²) in [6.45, 7) is 0.750. The number of anilines is 2. The van der Waals surface area contributed by atoms with Crippen molar-refractivity contribution in [3.63, 3.8) is 0 Å². The quantitative estimate of drug-likeness (QED) is 0.628. The fourth-order valence-electron chi connectivity index (χ4n) is 2.25. The van der Waals surface area contributed by atoms with Gasteiger partial charge in [-0.3, -0.25) is 5.32 Å². The highest BCUT2D eigenvalue weighted by atomic mass is 32.1. The number of hydrogen-bond donors (Lipinski definition) is 3. The Kier molecular flexibility index (Phi) is 4.26. The summed E-state index contributed by atoms with van der Waals surface area (Å²) >= 11 is 3.13. The number of fused-ring (bicyclic) bond motifs is 1. The van der Waals surface area contributed by atoms with Crippen molar-refractivity contribution in [1.29, 1.82) is 0 Å². The van der Waals surface area contributed by atoms with Crippen LogP contribution in [0.15, 0.2) is 24.0 Å². The number of nitrogens with zero attached hydrogens (tertiary/aromatic N) is 3. The Morgan fingerprint density at radius 3 is 3.08 bits per heavy atom. The number of thiazole rings is 1. The van der Waals surface area contributed by atoms with Gasteiger partial charge in [-0.15, -0.1) is 22.7 Å². The number of nitrogens with one attached hydrogen (secondary N) is 3. The topological polar surface area (TPSA) is 91.8 Å².